The molecular formula is C16H13Cl2N3OS. The third kappa shape index (κ3) is 3.58. The Balaban J connectivity index is 1.87. The van der Waals surface area contributed by atoms with Gasteiger partial charge in [-0.1, -0.05) is 40.9 Å². The summed E-state index contributed by atoms with van der Waals surface area (Å²) >= 11 is 17.3. The summed E-state index contributed by atoms with van der Waals surface area (Å²) in [5.41, 5.74) is 2.10. The zero-order valence-corrected chi connectivity index (χ0v) is 14.5. The van der Waals surface area contributed by atoms with Crippen LogP contribution in [0.3, 0.4) is 0 Å². The molecule has 1 aromatic heterocycles. The third-order valence-corrected chi connectivity index (χ3v) is 4.09. The maximum Gasteiger partial charge on any atom is 0.199 e. The maximum absolute atomic E-state index is 6.11. The Hall–Kier alpha value is -1.82. The lowest BCUT2D eigenvalue weighted by molar-refractivity contribution is 0.293. The van der Waals surface area contributed by atoms with Gasteiger partial charge >= 0.3 is 0 Å². The van der Waals surface area contributed by atoms with E-state index in [2.05, 4.69) is 10.2 Å². The highest BCUT2D eigenvalue weighted by molar-refractivity contribution is 7.71. The van der Waals surface area contributed by atoms with Crippen LogP contribution in [0.2, 0.25) is 10.0 Å². The van der Waals surface area contributed by atoms with Crippen LogP contribution in [0.1, 0.15) is 11.4 Å². The fourth-order valence-electron chi connectivity index (χ4n) is 2.12. The summed E-state index contributed by atoms with van der Waals surface area (Å²) in [6.07, 6.45) is 0. The lowest BCUT2D eigenvalue weighted by atomic mass is 10.2. The molecule has 23 heavy (non-hydrogen) atoms. The van der Waals surface area contributed by atoms with E-state index < -0.39 is 0 Å². The molecule has 118 valence electrons. The number of benzene rings is 2. The third-order valence-electron chi connectivity index (χ3n) is 3.28. The number of hydrogen-bond donors (Lipinski definition) is 1. The minimum atomic E-state index is 0.225. The van der Waals surface area contributed by atoms with Crippen molar-refractivity contribution in [1.29, 1.82) is 0 Å². The molecule has 0 fully saturated rings. The van der Waals surface area contributed by atoms with E-state index in [1.165, 1.54) is 5.56 Å². The number of halogens is 2. The molecule has 0 bridgehead atoms. The average molecular weight is 366 g/mol. The number of aromatic nitrogens is 3. The van der Waals surface area contributed by atoms with Crippen molar-refractivity contribution in [2.75, 3.05) is 0 Å². The van der Waals surface area contributed by atoms with Gasteiger partial charge in [0.1, 0.15) is 12.4 Å². The fraction of sp³-hybridized carbons (Fsp3) is 0.125. The minimum Gasteiger partial charge on any atom is -0.484 e. The van der Waals surface area contributed by atoms with Crippen LogP contribution in [0.15, 0.2) is 42.5 Å². The van der Waals surface area contributed by atoms with Gasteiger partial charge < -0.3 is 4.74 Å². The van der Waals surface area contributed by atoms with E-state index in [0.717, 1.165) is 5.69 Å². The van der Waals surface area contributed by atoms with Crippen molar-refractivity contribution in [3.8, 4) is 11.4 Å². The number of hydrogen-bond acceptors (Lipinski definition) is 3. The molecule has 0 saturated carbocycles. The molecule has 3 aromatic rings. The van der Waals surface area contributed by atoms with Gasteiger partial charge in [-0.3, -0.25) is 9.67 Å². The molecule has 0 spiro atoms. The van der Waals surface area contributed by atoms with Crippen molar-refractivity contribution in [2.24, 2.45) is 0 Å². The van der Waals surface area contributed by atoms with E-state index in [1.54, 1.807) is 18.2 Å². The summed E-state index contributed by atoms with van der Waals surface area (Å²) in [6.45, 7) is 2.26. The second-order valence-corrected chi connectivity index (χ2v) is 6.21. The van der Waals surface area contributed by atoms with Gasteiger partial charge in [-0.15, -0.1) is 0 Å². The number of rotatable bonds is 4. The first-order valence-corrected chi connectivity index (χ1v) is 8.02. The first kappa shape index (κ1) is 16.1. The molecule has 3 rings (SSSR count). The number of nitrogens with one attached hydrogen (secondary N) is 1. The molecule has 0 radical (unpaired) electrons. The topological polar surface area (TPSA) is 42.8 Å². The predicted octanol–water partition coefficient (Wildman–Crippen LogP) is 5.12. The maximum atomic E-state index is 6.11. The van der Waals surface area contributed by atoms with Crippen molar-refractivity contribution >= 4 is 35.4 Å². The minimum absolute atomic E-state index is 0.225. The van der Waals surface area contributed by atoms with E-state index in [1.807, 2.05) is 35.8 Å². The summed E-state index contributed by atoms with van der Waals surface area (Å²) in [5.74, 6) is 1.20. The van der Waals surface area contributed by atoms with Gasteiger partial charge in [-0.05, 0) is 49.5 Å². The van der Waals surface area contributed by atoms with Crippen LogP contribution in [0.25, 0.3) is 5.69 Å². The Morgan fingerprint density at radius 3 is 2.61 bits per heavy atom. The number of aromatic amines is 1. The van der Waals surface area contributed by atoms with E-state index in [9.17, 15) is 0 Å². The van der Waals surface area contributed by atoms with Crippen LogP contribution in [0, 0.1) is 11.7 Å². The summed E-state index contributed by atoms with van der Waals surface area (Å²) < 4.78 is 8.08. The Kier molecular flexibility index (Phi) is 4.71. The molecule has 0 aliphatic heterocycles. The normalized spacial score (nSPS) is 10.7. The highest BCUT2D eigenvalue weighted by Gasteiger charge is 2.10. The molecular weight excluding hydrogens is 353 g/mol. The van der Waals surface area contributed by atoms with E-state index in [4.69, 9.17) is 40.2 Å². The van der Waals surface area contributed by atoms with E-state index >= 15 is 0 Å². The van der Waals surface area contributed by atoms with Crippen LogP contribution in [-0.4, -0.2) is 14.8 Å². The van der Waals surface area contributed by atoms with Crippen LogP contribution in [0.5, 0.6) is 5.75 Å². The standard InChI is InChI=1S/C16H13Cl2N3OS/c1-10-2-5-12(6-3-10)21-15(19-20-16(21)23)9-22-14-7-4-11(17)8-13(14)18/h2-8H,9H2,1H3,(H,20,23). The van der Waals surface area contributed by atoms with Crippen molar-refractivity contribution < 1.29 is 4.74 Å². The molecule has 0 atom stereocenters. The van der Waals surface area contributed by atoms with Crippen molar-refractivity contribution in [3.63, 3.8) is 0 Å². The van der Waals surface area contributed by atoms with E-state index in [-0.39, 0.29) is 6.61 Å². The van der Waals surface area contributed by atoms with Gasteiger partial charge in [-0.2, -0.15) is 5.10 Å². The molecule has 1 heterocycles. The van der Waals surface area contributed by atoms with Crippen LogP contribution < -0.4 is 4.74 Å². The first-order valence-electron chi connectivity index (χ1n) is 6.86. The molecule has 2 aromatic carbocycles. The smallest absolute Gasteiger partial charge is 0.199 e. The second kappa shape index (κ2) is 6.74. The van der Waals surface area contributed by atoms with Gasteiger partial charge in [0.25, 0.3) is 0 Å². The summed E-state index contributed by atoms with van der Waals surface area (Å²) in [5, 5.41) is 8.03. The molecule has 7 heteroatoms. The largest absolute Gasteiger partial charge is 0.484 e. The zero-order chi connectivity index (χ0) is 16.4. The molecule has 0 aliphatic rings. The van der Waals surface area contributed by atoms with Gasteiger partial charge in [0.2, 0.25) is 0 Å². The SMILES string of the molecule is Cc1ccc(-n2c(COc3ccc(Cl)cc3Cl)n[nH]c2=S)cc1. The highest BCUT2D eigenvalue weighted by atomic mass is 35.5. The second-order valence-electron chi connectivity index (χ2n) is 4.98. The van der Waals surface area contributed by atoms with Gasteiger partial charge in [0, 0.05) is 10.7 Å². The van der Waals surface area contributed by atoms with Crippen LogP contribution in [-0.2, 0) is 6.61 Å². The molecule has 0 aliphatic carbocycles. The first-order chi connectivity index (χ1) is 11.0. The lowest BCUT2D eigenvalue weighted by Gasteiger charge is -2.10. The monoisotopic (exact) mass is 365 g/mol. The quantitative estimate of drug-likeness (QED) is 0.652. The average Bonchev–Trinajstić information content (AvgIpc) is 2.88. The van der Waals surface area contributed by atoms with E-state index in [0.29, 0.717) is 26.4 Å². The molecule has 0 amide bonds. The number of H-pyrrole nitrogens is 1. The fourth-order valence-corrected chi connectivity index (χ4v) is 2.84. The number of aryl methyl sites for hydroxylation is 1. The predicted molar refractivity (Wildman–Crippen MR) is 94.3 cm³/mol. The Labute approximate surface area is 148 Å². The lowest BCUT2D eigenvalue weighted by Crippen LogP contribution is -2.06. The van der Waals surface area contributed by atoms with Crippen molar-refractivity contribution in [2.45, 2.75) is 13.5 Å². The molecule has 0 unspecified atom stereocenters. The van der Waals surface area contributed by atoms with Gasteiger partial charge in [-0.25, -0.2) is 0 Å². The van der Waals surface area contributed by atoms with Crippen LogP contribution >= 0.6 is 35.4 Å². The number of nitrogens with zero attached hydrogens (tertiary/aromatic N) is 2. The van der Waals surface area contributed by atoms with Crippen molar-refractivity contribution in [1.82, 2.24) is 14.8 Å². The number of ether oxygens (including phenoxy) is 1. The highest BCUT2D eigenvalue weighted by Crippen LogP contribution is 2.28. The molecule has 4 nitrogen and oxygen atoms in total. The Bertz CT molecular complexity index is 887. The van der Waals surface area contributed by atoms with Crippen LogP contribution in [0.4, 0.5) is 0 Å². The zero-order valence-electron chi connectivity index (χ0n) is 12.2. The summed E-state index contributed by atoms with van der Waals surface area (Å²) in [6, 6.07) is 13.1. The molecule has 0 saturated heterocycles. The molecule has 1 N–H and O–H groups in total. The Morgan fingerprint density at radius 1 is 1.17 bits per heavy atom. The summed E-state index contributed by atoms with van der Waals surface area (Å²) in [7, 11) is 0. The van der Waals surface area contributed by atoms with Gasteiger partial charge in [0.15, 0.2) is 10.6 Å². The van der Waals surface area contributed by atoms with Gasteiger partial charge in [0.05, 0.1) is 5.02 Å². The Morgan fingerprint density at radius 2 is 1.91 bits per heavy atom. The van der Waals surface area contributed by atoms with Crippen molar-refractivity contribution in [3.05, 3.63) is 68.7 Å². The summed E-state index contributed by atoms with van der Waals surface area (Å²) in [4.78, 5) is 0.